The van der Waals surface area contributed by atoms with Gasteiger partial charge >= 0.3 is 0 Å². The van der Waals surface area contributed by atoms with Gasteiger partial charge in [0.25, 0.3) is 0 Å². The molecule has 5 nitrogen and oxygen atoms in total. The topological polar surface area (TPSA) is 57.0 Å². The van der Waals surface area contributed by atoms with E-state index in [-0.39, 0.29) is 0 Å². The van der Waals surface area contributed by atoms with Crippen LogP contribution >= 0.6 is 0 Å². The first-order valence-electron chi connectivity index (χ1n) is 16.3. The average molecular weight is 630 g/mol. The van der Waals surface area contributed by atoms with E-state index in [1.807, 2.05) is 48.5 Å². The van der Waals surface area contributed by atoms with Crippen molar-refractivity contribution in [3.8, 4) is 50.8 Å². The second-order valence-electron chi connectivity index (χ2n) is 12.2. The number of oxazole rings is 2. The third kappa shape index (κ3) is 4.55. The molecule has 0 aliphatic heterocycles. The minimum Gasteiger partial charge on any atom is -0.436 e. The van der Waals surface area contributed by atoms with Crippen LogP contribution in [0.1, 0.15) is 0 Å². The molecule has 0 radical (unpaired) electrons. The zero-order valence-corrected chi connectivity index (χ0v) is 26.2. The molecule has 0 bridgehead atoms. The van der Waals surface area contributed by atoms with Crippen molar-refractivity contribution < 1.29 is 8.83 Å². The summed E-state index contributed by atoms with van der Waals surface area (Å²) < 4.78 is 14.7. The molecular weight excluding hydrogens is 603 g/mol. The first kappa shape index (κ1) is 27.4. The SMILES string of the molecule is c1ccc(-c2ccccc2-c2ccc(-n3c4ccc(-c5nc6ccccc6o5)cc4c4cc(-c5nc6ccccc6o5)ccc43)cc2)cc1. The van der Waals surface area contributed by atoms with E-state index in [0.29, 0.717) is 11.8 Å². The van der Waals surface area contributed by atoms with Gasteiger partial charge in [0.1, 0.15) is 11.0 Å². The summed E-state index contributed by atoms with van der Waals surface area (Å²) in [7, 11) is 0. The van der Waals surface area contributed by atoms with E-state index in [2.05, 4.69) is 120 Å². The minimum absolute atomic E-state index is 0.598. The van der Waals surface area contributed by atoms with Gasteiger partial charge in [0, 0.05) is 27.6 Å². The third-order valence-electron chi connectivity index (χ3n) is 9.30. The van der Waals surface area contributed by atoms with Gasteiger partial charge in [-0.05, 0) is 95.1 Å². The predicted molar refractivity (Wildman–Crippen MR) is 198 cm³/mol. The van der Waals surface area contributed by atoms with Crippen molar-refractivity contribution in [2.24, 2.45) is 0 Å². The van der Waals surface area contributed by atoms with Gasteiger partial charge in [-0.2, -0.15) is 0 Å². The van der Waals surface area contributed by atoms with Crippen LogP contribution in [0.4, 0.5) is 0 Å². The van der Waals surface area contributed by atoms with Crippen molar-refractivity contribution >= 4 is 44.0 Å². The van der Waals surface area contributed by atoms with E-state index < -0.39 is 0 Å². The van der Waals surface area contributed by atoms with E-state index in [9.17, 15) is 0 Å². The lowest BCUT2D eigenvalue weighted by Gasteiger charge is -2.12. The van der Waals surface area contributed by atoms with Crippen LogP contribution in [-0.2, 0) is 0 Å². The first-order valence-corrected chi connectivity index (χ1v) is 16.3. The molecule has 3 aromatic heterocycles. The summed E-state index contributed by atoms with van der Waals surface area (Å²) in [6, 6.07) is 56.6. The summed E-state index contributed by atoms with van der Waals surface area (Å²) in [5.41, 5.74) is 13.1. The Hall–Kier alpha value is -6.72. The van der Waals surface area contributed by atoms with Crippen LogP contribution in [0.5, 0.6) is 0 Å². The minimum atomic E-state index is 0.598. The van der Waals surface area contributed by atoms with Gasteiger partial charge in [-0.15, -0.1) is 0 Å². The van der Waals surface area contributed by atoms with Gasteiger partial charge in [-0.25, -0.2) is 9.97 Å². The van der Waals surface area contributed by atoms with Crippen molar-refractivity contribution in [3.05, 3.63) is 164 Å². The number of hydrogen-bond acceptors (Lipinski definition) is 4. The van der Waals surface area contributed by atoms with Gasteiger partial charge in [0.05, 0.1) is 11.0 Å². The Bertz CT molecular complexity index is 2630. The maximum Gasteiger partial charge on any atom is 0.227 e. The average Bonchev–Trinajstić information content (AvgIpc) is 3.89. The monoisotopic (exact) mass is 629 g/mol. The lowest BCUT2D eigenvalue weighted by atomic mass is 9.94. The fourth-order valence-electron chi connectivity index (χ4n) is 6.95. The molecule has 0 saturated heterocycles. The summed E-state index contributed by atoms with van der Waals surface area (Å²) in [6.45, 7) is 0. The molecule has 0 N–H and O–H groups in total. The van der Waals surface area contributed by atoms with E-state index in [4.69, 9.17) is 18.8 Å². The molecule has 10 aromatic rings. The molecule has 0 aliphatic rings. The number of nitrogens with zero attached hydrogens (tertiary/aromatic N) is 3. The second-order valence-corrected chi connectivity index (χ2v) is 12.2. The Balaban J connectivity index is 1.14. The Morgan fingerprint density at radius 2 is 0.837 bits per heavy atom. The van der Waals surface area contributed by atoms with E-state index in [1.54, 1.807) is 0 Å². The largest absolute Gasteiger partial charge is 0.436 e. The van der Waals surface area contributed by atoms with Crippen molar-refractivity contribution in [3.63, 3.8) is 0 Å². The summed E-state index contributed by atoms with van der Waals surface area (Å²) in [4.78, 5) is 9.59. The number of rotatable bonds is 5. The second kappa shape index (κ2) is 10.9. The highest BCUT2D eigenvalue weighted by atomic mass is 16.4. The van der Waals surface area contributed by atoms with Crippen molar-refractivity contribution in [1.29, 1.82) is 0 Å². The highest BCUT2D eigenvalue weighted by molar-refractivity contribution is 6.11. The number of hydrogen-bond donors (Lipinski definition) is 0. The molecular formula is C44H27N3O2. The van der Waals surface area contributed by atoms with Crippen LogP contribution in [0.3, 0.4) is 0 Å². The van der Waals surface area contributed by atoms with E-state index in [1.165, 1.54) is 22.3 Å². The first-order chi connectivity index (χ1) is 24.3. The van der Waals surface area contributed by atoms with Gasteiger partial charge in [-0.3, -0.25) is 0 Å². The lowest BCUT2D eigenvalue weighted by molar-refractivity contribution is 0.619. The summed E-state index contributed by atoms with van der Waals surface area (Å²) >= 11 is 0. The van der Waals surface area contributed by atoms with Gasteiger partial charge < -0.3 is 13.4 Å². The number of benzene rings is 7. The predicted octanol–water partition coefficient (Wildman–Crippen LogP) is 11.7. The maximum atomic E-state index is 6.19. The smallest absolute Gasteiger partial charge is 0.227 e. The fraction of sp³-hybridized carbons (Fsp3) is 0. The van der Waals surface area contributed by atoms with Crippen LogP contribution in [0.15, 0.2) is 173 Å². The Kier molecular flexibility index (Phi) is 6.11. The Morgan fingerprint density at radius 1 is 0.388 bits per heavy atom. The van der Waals surface area contributed by atoms with Crippen LogP contribution in [-0.4, -0.2) is 14.5 Å². The lowest BCUT2D eigenvalue weighted by Crippen LogP contribution is -1.94. The van der Waals surface area contributed by atoms with Crippen molar-refractivity contribution in [2.75, 3.05) is 0 Å². The highest BCUT2D eigenvalue weighted by Crippen LogP contribution is 2.39. The molecule has 7 aromatic carbocycles. The standard InChI is InChI=1S/C44H27N3O2/c1-2-10-28(11-3-1)33-12-4-5-13-34(33)29-18-22-32(23-19-29)47-39-24-20-30(43-45-37-14-6-8-16-41(37)48-43)26-35(39)36-27-31(21-25-40(36)47)44-46-38-15-7-9-17-42(38)49-44/h1-27H. The molecule has 0 saturated carbocycles. The van der Waals surface area contributed by atoms with Crippen LogP contribution < -0.4 is 0 Å². The Morgan fingerprint density at radius 3 is 1.37 bits per heavy atom. The molecule has 10 rings (SSSR count). The summed E-state index contributed by atoms with van der Waals surface area (Å²) in [5.74, 6) is 1.20. The molecule has 5 heteroatoms. The summed E-state index contributed by atoms with van der Waals surface area (Å²) in [5, 5.41) is 2.18. The van der Waals surface area contributed by atoms with Crippen molar-refractivity contribution in [1.82, 2.24) is 14.5 Å². The molecule has 49 heavy (non-hydrogen) atoms. The maximum absolute atomic E-state index is 6.19. The van der Waals surface area contributed by atoms with E-state index >= 15 is 0 Å². The van der Waals surface area contributed by atoms with Crippen molar-refractivity contribution in [2.45, 2.75) is 0 Å². The fourth-order valence-corrected chi connectivity index (χ4v) is 6.95. The highest BCUT2D eigenvalue weighted by Gasteiger charge is 2.18. The van der Waals surface area contributed by atoms with Crippen LogP contribution in [0, 0.1) is 0 Å². The normalized spacial score (nSPS) is 11.7. The number of aromatic nitrogens is 3. The van der Waals surface area contributed by atoms with Crippen LogP contribution in [0.25, 0.3) is 94.9 Å². The quantitative estimate of drug-likeness (QED) is 0.190. The number of para-hydroxylation sites is 4. The van der Waals surface area contributed by atoms with E-state index in [0.717, 1.165) is 60.8 Å². The zero-order valence-electron chi connectivity index (χ0n) is 26.2. The van der Waals surface area contributed by atoms with Gasteiger partial charge in [0.2, 0.25) is 11.8 Å². The summed E-state index contributed by atoms with van der Waals surface area (Å²) in [6.07, 6.45) is 0. The molecule has 230 valence electrons. The van der Waals surface area contributed by atoms with Gasteiger partial charge in [0.15, 0.2) is 11.2 Å². The molecule has 0 fully saturated rings. The molecule has 0 amide bonds. The zero-order chi connectivity index (χ0) is 32.3. The van der Waals surface area contributed by atoms with Crippen LogP contribution in [0.2, 0.25) is 0 Å². The third-order valence-corrected chi connectivity index (χ3v) is 9.30. The van der Waals surface area contributed by atoms with Gasteiger partial charge in [-0.1, -0.05) is 91.0 Å². The Labute approximate surface area is 281 Å². The molecule has 0 atom stereocenters. The molecule has 0 unspecified atom stereocenters. The molecule has 0 aliphatic carbocycles. The molecule has 0 spiro atoms. The molecule has 3 heterocycles. The number of fused-ring (bicyclic) bond motifs is 5.